The Balaban J connectivity index is 2.67. The van der Waals surface area contributed by atoms with Crippen LogP contribution < -0.4 is 11.3 Å². The lowest BCUT2D eigenvalue weighted by Crippen LogP contribution is -2.08. The van der Waals surface area contributed by atoms with Crippen molar-refractivity contribution in [2.24, 2.45) is 5.84 Å². The summed E-state index contributed by atoms with van der Waals surface area (Å²) in [6.07, 6.45) is 2.89. The van der Waals surface area contributed by atoms with Crippen LogP contribution in [-0.2, 0) is 9.53 Å². The van der Waals surface area contributed by atoms with Crippen LogP contribution in [0.2, 0.25) is 0 Å². The van der Waals surface area contributed by atoms with Crippen molar-refractivity contribution in [1.29, 1.82) is 0 Å². The summed E-state index contributed by atoms with van der Waals surface area (Å²) in [6, 6.07) is 5.27. The highest BCUT2D eigenvalue weighted by atomic mass is 16.5. The second-order valence-electron chi connectivity index (χ2n) is 2.68. The van der Waals surface area contributed by atoms with Crippen LogP contribution >= 0.6 is 0 Å². The van der Waals surface area contributed by atoms with E-state index < -0.39 is 0 Å². The summed E-state index contributed by atoms with van der Waals surface area (Å²) in [5, 5.41) is 0. The molecule has 0 saturated carbocycles. The van der Waals surface area contributed by atoms with Crippen LogP contribution in [-0.4, -0.2) is 17.6 Å². The SMILES string of the molecule is CCOC(=O)C=Cc1cccc(NN)n1. The van der Waals surface area contributed by atoms with E-state index in [1.807, 2.05) is 0 Å². The Hall–Kier alpha value is -1.88. The van der Waals surface area contributed by atoms with Crippen molar-refractivity contribution in [1.82, 2.24) is 4.98 Å². The first-order valence-electron chi connectivity index (χ1n) is 4.54. The lowest BCUT2D eigenvalue weighted by molar-refractivity contribution is -0.137. The molecule has 15 heavy (non-hydrogen) atoms. The smallest absolute Gasteiger partial charge is 0.330 e. The van der Waals surface area contributed by atoms with Gasteiger partial charge in [-0.1, -0.05) is 6.07 Å². The average Bonchev–Trinajstić information content (AvgIpc) is 2.27. The molecule has 5 heteroatoms. The molecular weight excluding hydrogens is 194 g/mol. The molecule has 0 aliphatic heterocycles. The minimum absolute atomic E-state index is 0.362. The summed E-state index contributed by atoms with van der Waals surface area (Å²) in [7, 11) is 0. The zero-order valence-corrected chi connectivity index (χ0v) is 8.43. The van der Waals surface area contributed by atoms with Gasteiger partial charge >= 0.3 is 5.97 Å². The van der Waals surface area contributed by atoms with E-state index >= 15 is 0 Å². The number of nitrogens with one attached hydrogen (secondary N) is 1. The number of hydrogen-bond donors (Lipinski definition) is 2. The lowest BCUT2D eigenvalue weighted by atomic mass is 10.3. The van der Waals surface area contributed by atoms with Gasteiger partial charge < -0.3 is 10.2 Å². The van der Waals surface area contributed by atoms with E-state index in [1.165, 1.54) is 6.08 Å². The molecule has 0 atom stereocenters. The highest BCUT2D eigenvalue weighted by molar-refractivity contribution is 5.86. The predicted octanol–water partition coefficient (Wildman–Crippen LogP) is 0.943. The van der Waals surface area contributed by atoms with Gasteiger partial charge in [-0.3, -0.25) is 0 Å². The van der Waals surface area contributed by atoms with E-state index in [0.717, 1.165) is 0 Å². The molecule has 0 saturated heterocycles. The molecule has 0 aliphatic rings. The Morgan fingerprint density at radius 2 is 2.47 bits per heavy atom. The second kappa shape index (κ2) is 5.77. The van der Waals surface area contributed by atoms with E-state index in [0.29, 0.717) is 18.1 Å². The number of nitrogens with zero attached hydrogens (tertiary/aromatic N) is 1. The fourth-order valence-electron chi connectivity index (χ4n) is 0.968. The van der Waals surface area contributed by atoms with Crippen molar-refractivity contribution < 1.29 is 9.53 Å². The Kier molecular flexibility index (Phi) is 4.30. The van der Waals surface area contributed by atoms with Crippen molar-refractivity contribution in [3.8, 4) is 0 Å². The molecule has 0 spiro atoms. The van der Waals surface area contributed by atoms with Gasteiger partial charge in [-0.05, 0) is 25.1 Å². The number of hydrazine groups is 1. The molecule has 3 N–H and O–H groups in total. The Morgan fingerprint density at radius 1 is 1.67 bits per heavy atom. The van der Waals surface area contributed by atoms with E-state index in [-0.39, 0.29) is 5.97 Å². The summed E-state index contributed by atoms with van der Waals surface area (Å²) < 4.78 is 4.73. The molecule has 0 aliphatic carbocycles. The lowest BCUT2D eigenvalue weighted by Gasteiger charge is -1.99. The van der Waals surface area contributed by atoms with Gasteiger partial charge in [0.15, 0.2) is 0 Å². The van der Waals surface area contributed by atoms with Crippen LogP contribution in [0.15, 0.2) is 24.3 Å². The fourth-order valence-corrected chi connectivity index (χ4v) is 0.968. The highest BCUT2D eigenvalue weighted by Gasteiger charge is 1.95. The van der Waals surface area contributed by atoms with E-state index in [4.69, 9.17) is 10.6 Å². The van der Waals surface area contributed by atoms with E-state index in [1.54, 1.807) is 31.2 Å². The zero-order valence-electron chi connectivity index (χ0n) is 8.43. The van der Waals surface area contributed by atoms with Gasteiger partial charge in [0.25, 0.3) is 0 Å². The average molecular weight is 207 g/mol. The largest absolute Gasteiger partial charge is 0.463 e. The molecule has 0 aromatic carbocycles. The van der Waals surface area contributed by atoms with Crippen LogP contribution in [0.1, 0.15) is 12.6 Å². The van der Waals surface area contributed by atoms with Crippen LogP contribution in [0, 0.1) is 0 Å². The van der Waals surface area contributed by atoms with Gasteiger partial charge in [0.1, 0.15) is 5.82 Å². The summed E-state index contributed by atoms with van der Waals surface area (Å²) >= 11 is 0. The summed E-state index contributed by atoms with van der Waals surface area (Å²) in [6.45, 7) is 2.12. The minimum atomic E-state index is -0.384. The van der Waals surface area contributed by atoms with Crippen LogP contribution in [0.4, 0.5) is 5.82 Å². The first-order valence-corrected chi connectivity index (χ1v) is 4.54. The van der Waals surface area contributed by atoms with E-state index in [2.05, 4.69) is 10.4 Å². The number of carbonyl (C=O) groups excluding carboxylic acids is 1. The first-order chi connectivity index (χ1) is 7.26. The monoisotopic (exact) mass is 207 g/mol. The normalized spacial score (nSPS) is 10.3. The Labute approximate surface area is 87.9 Å². The van der Waals surface area contributed by atoms with Crippen molar-refractivity contribution >= 4 is 17.9 Å². The number of pyridine rings is 1. The number of nitrogen functional groups attached to an aromatic ring is 1. The topological polar surface area (TPSA) is 77.2 Å². The highest BCUT2D eigenvalue weighted by Crippen LogP contribution is 2.04. The van der Waals surface area contributed by atoms with Gasteiger partial charge in [-0.15, -0.1) is 0 Å². The number of esters is 1. The third-order valence-corrected chi connectivity index (χ3v) is 1.60. The van der Waals surface area contributed by atoms with Gasteiger partial charge in [-0.2, -0.15) is 0 Å². The molecule has 0 radical (unpaired) electrons. The molecule has 80 valence electrons. The molecule has 1 aromatic rings. The number of nitrogens with two attached hydrogens (primary N) is 1. The molecule has 1 aromatic heterocycles. The number of hydrogen-bond acceptors (Lipinski definition) is 5. The number of carbonyl (C=O) groups is 1. The summed E-state index contributed by atoms with van der Waals surface area (Å²) in [5.41, 5.74) is 3.06. The Morgan fingerprint density at radius 3 is 3.13 bits per heavy atom. The van der Waals surface area contributed by atoms with Gasteiger partial charge in [0.2, 0.25) is 0 Å². The summed E-state index contributed by atoms with van der Waals surface area (Å²) in [5.74, 6) is 5.35. The molecule has 0 amide bonds. The maximum atomic E-state index is 11.0. The maximum Gasteiger partial charge on any atom is 0.330 e. The fraction of sp³-hybridized carbons (Fsp3) is 0.200. The number of anilines is 1. The molecule has 0 fully saturated rings. The molecular formula is C10H13N3O2. The quantitative estimate of drug-likeness (QED) is 0.332. The summed E-state index contributed by atoms with van der Waals surface area (Å²) in [4.78, 5) is 15.1. The van der Waals surface area contributed by atoms with E-state index in [9.17, 15) is 4.79 Å². The third-order valence-electron chi connectivity index (χ3n) is 1.60. The Bertz CT molecular complexity index is 363. The number of ether oxygens (including phenoxy) is 1. The van der Waals surface area contributed by atoms with Crippen LogP contribution in [0.3, 0.4) is 0 Å². The molecule has 5 nitrogen and oxygen atoms in total. The third kappa shape index (κ3) is 3.78. The van der Waals surface area contributed by atoms with Crippen molar-refractivity contribution in [2.75, 3.05) is 12.0 Å². The molecule has 1 heterocycles. The molecule has 1 rings (SSSR count). The van der Waals surface area contributed by atoms with Gasteiger partial charge in [0.05, 0.1) is 12.3 Å². The minimum Gasteiger partial charge on any atom is -0.463 e. The van der Waals surface area contributed by atoms with Crippen LogP contribution in [0.25, 0.3) is 6.08 Å². The maximum absolute atomic E-state index is 11.0. The second-order valence-corrected chi connectivity index (χ2v) is 2.68. The van der Waals surface area contributed by atoms with Crippen LogP contribution in [0.5, 0.6) is 0 Å². The zero-order chi connectivity index (χ0) is 11.1. The van der Waals surface area contributed by atoms with Gasteiger partial charge in [-0.25, -0.2) is 15.6 Å². The first kappa shape index (κ1) is 11.2. The number of aromatic nitrogens is 1. The van der Waals surface area contributed by atoms with Gasteiger partial charge in [0, 0.05) is 6.08 Å². The molecule has 0 bridgehead atoms. The predicted molar refractivity (Wildman–Crippen MR) is 57.7 cm³/mol. The molecule has 0 unspecified atom stereocenters. The van der Waals surface area contributed by atoms with Crippen molar-refractivity contribution in [2.45, 2.75) is 6.92 Å². The van der Waals surface area contributed by atoms with Crippen molar-refractivity contribution in [3.63, 3.8) is 0 Å². The van der Waals surface area contributed by atoms with Crippen molar-refractivity contribution in [3.05, 3.63) is 30.0 Å². The number of rotatable bonds is 4. The standard InChI is InChI=1S/C10H13N3O2/c1-2-15-10(14)7-6-8-4-3-5-9(12-8)13-11/h3-7H,2,11H2,1H3,(H,12,13).